The van der Waals surface area contributed by atoms with Crippen LogP contribution in [-0.2, 0) is 11.0 Å². The first-order valence-corrected chi connectivity index (χ1v) is 4.44. The Bertz CT molecular complexity index is 413. The zero-order valence-electron chi connectivity index (χ0n) is 8.29. The van der Waals surface area contributed by atoms with Crippen LogP contribution in [-0.4, -0.2) is 6.29 Å². The van der Waals surface area contributed by atoms with Gasteiger partial charge in [0.2, 0.25) is 0 Å². The van der Waals surface area contributed by atoms with E-state index >= 15 is 0 Å². The maximum absolute atomic E-state index is 12.3. The van der Waals surface area contributed by atoms with E-state index in [-0.39, 0.29) is 0 Å². The van der Waals surface area contributed by atoms with Crippen molar-refractivity contribution in [3.05, 3.63) is 54.1 Å². The van der Waals surface area contributed by atoms with Gasteiger partial charge in [-0.2, -0.15) is 13.2 Å². The summed E-state index contributed by atoms with van der Waals surface area (Å²) in [5, 5.41) is 0. The zero-order valence-corrected chi connectivity index (χ0v) is 8.29. The third kappa shape index (κ3) is 2.82. The highest BCUT2D eigenvalue weighted by Crippen LogP contribution is 2.29. The average Bonchev–Trinajstić information content (AvgIpc) is 2.25. The minimum atomic E-state index is -4.36. The molecule has 4 heteroatoms. The molecule has 16 heavy (non-hydrogen) atoms. The van der Waals surface area contributed by atoms with Gasteiger partial charge in [-0.15, -0.1) is 0 Å². The average molecular weight is 226 g/mol. The van der Waals surface area contributed by atoms with Crippen molar-refractivity contribution in [3.8, 4) is 0 Å². The third-order valence-electron chi connectivity index (χ3n) is 1.97. The SMILES string of the molecule is C=CC=C(C=O)c1ccc(C(F)(F)F)cc1. The Kier molecular flexibility index (Phi) is 3.66. The van der Waals surface area contributed by atoms with E-state index in [2.05, 4.69) is 6.58 Å². The number of rotatable bonds is 3. The quantitative estimate of drug-likeness (QED) is 0.438. The molecule has 1 aromatic rings. The number of hydrogen-bond acceptors (Lipinski definition) is 1. The van der Waals surface area contributed by atoms with Crippen LogP contribution in [0.5, 0.6) is 0 Å². The van der Waals surface area contributed by atoms with Crippen LogP contribution < -0.4 is 0 Å². The molecule has 1 nitrogen and oxygen atoms in total. The van der Waals surface area contributed by atoms with Crippen LogP contribution in [0.15, 0.2) is 43.0 Å². The number of alkyl halides is 3. The van der Waals surface area contributed by atoms with Crippen molar-refractivity contribution < 1.29 is 18.0 Å². The van der Waals surface area contributed by atoms with Crippen molar-refractivity contribution in [2.45, 2.75) is 6.18 Å². The first kappa shape index (κ1) is 12.2. The van der Waals surface area contributed by atoms with Crippen LogP contribution in [0.25, 0.3) is 5.57 Å². The summed E-state index contributed by atoms with van der Waals surface area (Å²) in [6, 6.07) is 4.39. The molecule has 0 saturated carbocycles. The predicted octanol–water partition coefficient (Wildman–Crippen LogP) is 3.47. The van der Waals surface area contributed by atoms with Crippen LogP contribution >= 0.6 is 0 Å². The Balaban J connectivity index is 3.08. The van der Waals surface area contributed by atoms with E-state index < -0.39 is 11.7 Å². The van der Waals surface area contributed by atoms with Gasteiger partial charge in [0.05, 0.1) is 5.56 Å². The van der Waals surface area contributed by atoms with Crippen molar-refractivity contribution in [2.24, 2.45) is 0 Å². The molecule has 0 amide bonds. The van der Waals surface area contributed by atoms with Crippen molar-refractivity contribution >= 4 is 11.9 Å². The van der Waals surface area contributed by atoms with E-state index in [9.17, 15) is 18.0 Å². The number of aldehydes is 1. The van der Waals surface area contributed by atoms with Crippen molar-refractivity contribution in [1.29, 1.82) is 0 Å². The summed E-state index contributed by atoms with van der Waals surface area (Å²) >= 11 is 0. The topological polar surface area (TPSA) is 17.1 Å². The Hall–Kier alpha value is -1.84. The summed E-state index contributed by atoms with van der Waals surface area (Å²) in [5.74, 6) is 0. The van der Waals surface area contributed by atoms with Crippen molar-refractivity contribution in [2.75, 3.05) is 0 Å². The highest BCUT2D eigenvalue weighted by atomic mass is 19.4. The molecular formula is C12H9F3O. The Morgan fingerprint density at radius 2 is 1.75 bits per heavy atom. The number of benzene rings is 1. The Morgan fingerprint density at radius 3 is 2.12 bits per heavy atom. The van der Waals surface area contributed by atoms with Crippen molar-refractivity contribution in [1.82, 2.24) is 0 Å². The molecule has 1 aromatic carbocycles. The number of allylic oxidation sites excluding steroid dienone is 3. The van der Waals surface area contributed by atoms with Crippen LogP contribution in [0.1, 0.15) is 11.1 Å². The molecule has 0 radical (unpaired) electrons. The van der Waals surface area contributed by atoms with E-state index in [0.29, 0.717) is 17.4 Å². The fourth-order valence-electron chi connectivity index (χ4n) is 1.18. The Morgan fingerprint density at radius 1 is 1.19 bits per heavy atom. The second kappa shape index (κ2) is 4.79. The number of hydrogen-bond donors (Lipinski definition) is 0. The number of carbonyl (C=O) groups is 1. The summed E-state index contributed by atoms with van der Waals surface area (Å²) in [7, 11) is 0. The molecule has 84 valence electrons. The van der Waals surface area contributed by atoms with E-state index in [0.717, 1.165) is 12.1 Å². The van der Waals surface area contributed by atoms with Crippen LogP contribution in [0.4, 0.5) is 13.2 Å². The molecule has 0 unspecified atom stereocenters. The molecular weight excluding hydrogens is 217 g/mol. The fourth-order valence-corrected chi connectivity index (χ4v) is 1.18. The van der Waals surface area contributed by atoms with Gasteiger partial charge in [0.25, 0.3) is 0 Å². The van der Waals surface area contributed by atoms with Gasteiger partial charge >= 0.3 is 6.18 Å². The molecule has 0 bridgehead atoms. The highest BCUT2D eigenvalue weighted by Gasteiger charge is 2.29. The molecule has 0 aliphatic rings. The molecule has 0 saturated heterocycles. The minimum Gasteiger partial charge on any atom is -0.298 e. The lowest BCUT2D eigenvalue weighted by Gasteiger charge is -2.07. The van der Waals surface area contributed by atoms with Gasteiger partial charge in [-0.3, -0.25) is 4.79 Å². The van der Waals surface area contributed by atoms with Gasteiger partial charge in [0.1, 0.15) is 0 Å². The first-order valence-electron chi connectivity index (χ1n) is 4.44. The van der Waals surface area contributed by atoms with E-state index in [1.165, 1.54) is 24.3 Å². The second-order valence-electron chi connectivity index (χ2n) is 3.05. The van der Waals surface area contributed by atoms with Crippen LogP contribution in [0.3, 0.4) is 0 Å². The standard InChI is InChI=1S/C12H9F3O/c1-2-3-10(8-16)9-4-6-11(7-5-9)12(13,14)15/h2-8H,1H2. The van der Waals surface area contributed by atoms with Crippen molar-refractivity contribution in [3.63, 3.8) is 0 Å². The monoisotopic (exact) mass is 226 g/mol. The molecule has 0 heterocycles. The van der Waals surface area contributed by atoms with E-state index in [1.54, 1.807) is 0 Å². The van der Waals surface area contributed by atoms with Gasteiger partial charge in [-0.1, -0.05) is 30.9 Å². The first-order chi connectivity index (χ1) is 7.49. The number of carbonyl (C=O) groups excluding carboxylic acids is 1. The molecule has 0 N–H and O–H groups in total. The molecule has 0 aliphatic heterocycles. The zero-order chi connectivity index (χ0) is 12.2. The molecule has 0 spiro atoms. The van der Waals surface area contributed by atoms with Crippen LogP contribution in [0, 0.1) is 0 Å². The molecule has 0 aliphatic carbocycles. The van der Waals surface area contributed by atoms with E-state index in [1.807, 2.05) is 0 Å². The van der Waals surface area contributed by atoms with E-state index in [4.69, 9.17) is 0 Å². The summed E-state index contributed by atoms with van der Waals surface area (Å²) in [4.78, 5) is 10.6. The van der Waals surface area contributed by atoms with Gasteiger partial charge in [-0.05, 0) is 17.7 Å². The Labute approximate surface area is 90.9 Å². The predicted molar refractivity (Wildman–Crippen MR) is 55.7 cm³/mol. The lowest BCUT2D eigenvalue weighted by atomic mass is 10.0. The summed E-state index contributed by atoms with van der Waals surface area (Å²) in [5.41, 5.74) is -0.00766. The highest BCUT2D eigenvalue weighted by molar-refractivity contribution is 6.07. The molecule has 0 aromatic heterocycles. The van der Waals surface area contributed by atoms with Gasteiger partial charge < -0.3 is 0 Å². The normalized spacial score (nSPS) is 12.3. The van der Waals surface area contributed by atoms with Gasteiger partial charge in [-0.25, -0.2) is 0 Å². The summed E-state index contributed by atoms with van der Waals surface area (Å²) in [6.07, 6.45) is -0.941. The third-order valence-corrected chi connectivity index (χ3v) is 1.97. The van der Waals surface area contributed by atoms with Gasteiger partial charge in [0.15, 0.2) is 6.29 Å². The number of halogens is 3. The summed E-state index contributed by atoms with van der Waals surface area (Å²) < 4.78 is 36.8. The lowest BCUT2D eigenvalue weighted by Crippen LogP contribution is -2.04. The smallest absolute Gasteiger partial charge is 0.298 e. The maximum atomic E-state index is 12.3. The molecule has 0 fully saturated rings. The fraction of sp³-hybridized carbons (Fsp3) is 0.0833. The lowest BCUT2D eigenvalue weighted by molar-refractivity contribution is -0.137. The molecule has 1 rings (SSSR count). The summed E-state index contributed by atoms with van der Waals surface area (Å²) in [6.45, 7) is 3.42. The minimum absolute atomic E-state index is 0.295. The van der Waals surface area contributed by atoms with Gasteiger partial charge in [0, 0.05) is 5.57 Å². The second-order valence-corrected chi connectivity index (χ2v) is 3.05. The van der Waals surface area contributed by atoms with Crippen LogP contribution in [0.2, 0.25) is 0 Å². The largest absolute Gasteiger partial charge is 0.416 e. The maximum Gasteiger partial charge on any atom is 0.416 e. The molecule has 0 atom stereocenters.